The highest BCUT2D eigenvalue weighted by Gasteiger charge is 2.31. The van der Waals surface area contributed by atoms with Crippen molar-refractivity contribution in [1.82, 2.24) is 4.90 Å². The molecule has 2 aromatic rings. The van der Waals surface area contributed by atoms with Crippen molar-refractivity contribution < 1.29 is 14.4 Å². The molecule has 4 heteroatoms. The van der Waals surface area contributed by atoms with Gasteiger partial charge in [-0.2, -0.15) is 0 Å². The van der Waals surface area contributed by atoms with E-state index in [1.807, 2.05) is 4.90 Å². The molecule has 1 N–H and O–H groups in total. The Kier molecular flexibility index (Phi) is 6.15. The Morgan fingerprint density at radius 3 is 2.58 bits per heavy atom. The third-order valence-electron chi connectivity index (χ3n) is 5.68. The summed E-state index contributed by atoms with van der Waals surface area (Å²) >= 11 is 0. The third kappa shape index (κ3) is 3.85. The van der Waals surface area contributed by atoms with Crippen molar-refractivity contribution in [1.29, 1.82) is 0 Å². The van der Waals surface area contributed by atoms with Crippen molar-refractivity contribution in [2.75, 3.05) is 33.3 Å². The largest absolute Gasteiger partial charge is 0.496 e. The SMILES string of the molecule is CCN(CC)C(=O)[C@@H]1CCC[NH+](Cc2ccc(OC)c3ccccc23)C1. The minimum atomic E-state index is 0.170. The highest BCUT2D eigenvalue weighted by molar-refractivity contribution is 5.91. The molecule has 0 spiro atoms. The third-order valence-corrected chi connectivity index (χ3v) is 5.68. The van der Waals surface area contributed by atoms with E-state index in [4.69, 9.17) is 4.74 Å². The average Bonchev–Trinajstić information content (AvgIpc) is 2.69. The van der Waals surface area contributed by atoms with Crippen LogP contribution in [0, 0.1) is 5.92 Å². The van der Waals surface area contributed by atoms with E-state index in [1.54, 1.807) is 7.11 Å². The Hall–Kier alpha value is -2.07. The van der Waals surface area contributed by atoms with Crippen molar-refractivity contribution in [2.24, 2.45) is 5.92 Å². The average molecular weight is 356 g/mol. The van der Waals surface area contributed by atoms with Crippen LogP contribution in [0.4, 0.5) is 0 Å². The fourth-order valence-electron chi connectivity index (χ4n) is 4.25. The number of nitrogens with zero attached hydrogens (tertiary/aromatic N) is 1. The number of fused-ring (bicyclic) bond motifs is 1. The molecule has 1 aliphatic heterocycles. The quantitative estimate of drug-likeness (QED) is 0.864. The van der Waals surface area contributed by atoms with Gasteiger partial charge in [0.1, 0.15) is 12.3 Å². The molecular formula is C22H31N2O2+. The number of rotatable bonds is 6. The summed E-state index contributed by atoms with van der Waals surface area (Å²) in [5.41, 5.74) is 1.34. The van der Waals surface area contributed by atoms with Crippen LogP contribution in [-0.2, 0) is 11.3 Å². The number of quaternary nitrogens is 1. The van der Waals surface area contributed by atoms with Crippen LogP contribution in [-0.4, -0.2) is 44.1 Å². The number of piperidine rings is 1. The van der Waals surface area contributed by atoms with E-state index < -0.39 is 0 Å². The van der Waals surface area contributed by atoms with Gasteiger partial charge < -0.3 is 14.5 Å². The minimum Gasteiger partial charge on any atom is -0.496 e. The van der Waals surface area contributed by atoms with Crippen LogP contribution in [0.15, 0.2) is 36.4 Å². The fourth-order valence-corrected chi connectivity index (χ4v) is 4.25. The van der Waals surface area contributed by atoms with Crippen LogP contribution in [0.2, 0.25) is 0 Å². The Bertz CT molecular complexity index is 755. The lowest BCUT2D eigenvalue weighted by Crippen LogP contribution is -3.12. The molecule has 1 saturated heterocycles. The van der Waals surface area contributed by atoms with Crippen LogP contribution in [0.1, 0.15) is 32.3 Å². The van der Waals surface area contributed by atoms with Gasteiger partial charge in [-0.15, -0.1) is 0 Å². The number of methoxy groups -OCH3 is 1. The van der Waals surface area contributed by atoms with Crippen LogP contribution < -0.4 is 9.64 Å². The number of carbonyl (C=O) groups is 1. The second kappa shape index (κ2) is 8.54. The molecule has 0 saturated carbocycles. The van der Waals surface area contributed by atoms with E-state index in [0.29, 0.717) is 5.91 Å². The van der Waals surface area contributed by atoms with E-state index in [2.05, 4.69) is 50.2 Å². The normalized spacial score (nSPS) is 20.1. The minimum absolute atomic E-state index is 0.170. The van der Waals surface area contributed by atoms with Gasteiger partial charge in [0.25, 0.3) is 0 Å². The van der Waals surface area contributed by atoms with Crippen LogP contribution in [0.5, 0.6) is 5.75 Å². The molecule has 140 valence electrons. The highest BCUT2D eigenvalue weighted by atomic mass is 16.5. The number of likely N-dealkylation sites (tertiary alicyclic amines) is 1. The molecule has 26 heavy (non-hydrogen) atoms. The Morgan fingerprint density at radius 2 is 1.88 bits per heavy atom. The van der Waals surface area contributed by atoms with E-state index in [-0.39, 0.29) is 5.92 Å². The maximum atomic E-state index is 12.8. The molecule has 1 amide bonds. The van der Waals surface area contributed by atoms with Crippen molar-refractivity contribution in [3.8, 4) is 5.75 Å². The summed E-state index contributed by atoms with van der Waals surface area (Å²) in [4.78, 5) is 16.2. The molecule has 0 aliphatic carbocycles. The second-order valence-corrected chi connectivity index (χ2v) is 7.20. The molecule has 3 rings (SSSR count). The van der Waals surface area contributed by atoms with Crippen LogP contribution >= 0.6 is 0 Å². The Balaban J connectivity index is 1.77. The maximum absolute atomic E-state index is 12.8. The molecular weight excluding hydrogens is 324 g/mol. The zero-order valence-electron chi connectivity index (χ0n) is 16.3. The van der Waals surface area contributed by atoms with Crippen LogP contribution in [0.25, 0.3) is 10.8 Å². The fraction of sp³-hybridized carbons (Fsp3) is 0.500. The van der Waals surface area contributed by atoms with Crippen molar-refractivity contribution in [3.05, 3.63) is 42.0 Å². The summed E-state index contributed by atoms with van der Waals surface area (Å²) in [5.74, 6) is 1.43. The lowest BCUT2D eigenvalue weighted by molar-refractivity contribution is -0.921. The predicted molar refractivity (Wildman–Crippen MR) is 106 cm³/mol. The van der Waals surface area contributed by atoms with Gasteiger partial charge in [0.05, 0.1) is 26.1 Å². The number of benzene rings is 2. The number of carbonyl (C=O) groups excluding carboxylic acids is 1. The van der Waals surface area contributed by atoms with E-state index in [9.17, 15) is 4.79 Å². The van der Waals surface area contributed by atoms with Gasteiger partial charge >= 0.3 is 0 Å². The lowest BCUT2D eigenvalue weighted by atomic mass is 9.95. The van der Waals surface area contributed by atoms with Gasteiger partial charge in [0.2, 0.25) is 5.91 Å². The van der Waals surface area contributed by atoms with Crippen molar-refractivity contribution in [3.63, 3.8) is 0 Å². The summed E-state index contributed by atoms with van der Waals surface area (Å²) in [7, 11) is 1.72. The molecule has 1 fully saturated rings. The first-order chi connectivity index (χ1) is 12.7. The summed E-state index contributed by atoms with van der Waals surface area (Å²) in [6.45, 7) is 8.80. The first-order valence-electron chi connectivity index (χ1n) is 9.84. The van der Waals surface area contributed by atoms with Gasteiger partial charge in [-0.1, -0.05) is 24.3 Å². The van der Waals surface area contributed by atoms with Gasteiger partial charge in [-0.05, 0) is 44.2 Å². The van der Waals surface area contributed by atoms with E-state index in [1.165, 1.54) is 21.2 Å². The first-order valence-corrected chi connectivity index (χ1v) is 9.84. The highest BCUT2D eigenvalue weighted by Crippen LogP contribution is 2.28. The first kappa shape index (κ1) is 18.7. The molecule has 1 heterocycles. The van der Waals surface area contributed by atoms with E-state index in [0.717, 1.165) is 51.3 Å². The van der Waals surface area contributed by atoms with E-state index >= 15 is 0 Å². The topological polar surface area (TPSA) is 34.0 Å². The molecule has 0 radical (unpaired) electrons. The van der Waals surface area contributed by atoms with Gasteiger partial charge in [-0.25, -0.2) is 0 Å². The summed E-state index contributed by atoms with van der Waals surface area (Å²) in [6.07, 6.45) is 2.16. The molecule has 4 nitrogen and oxygen atoms in total. The molecule has 0 bridgehead atoms. The van der Waals surface area contributed by atoms with Crippen molar-refractivity contribution >= 4 is 16.7 Å². The number of ether oxygens (including phenoxy) is 1. The summed E-state index contributed by atoms with van der Waals surface area (Å²) in [5, 5.41) is 2.43. The monoisotopic (exact) mass is 355 g/mol. The molecule has 1 unspecified atom stereocenters. The van der Waals surface area contributed by atoms with Gasteiger partial charge in [0, 0.05) is 24.0 Å². The standard InChI is InChI=1S/C22H30N2O2/c1-4-24(5-2)22(25)18-9-8-14-23(16-18)15-17-12-13-21(26-3)20-11-7-6-10-19(17)20/h6-7,10-13,18H,4-5,8-9,14-16H2,1-3H3/p+1/t18-/m1/s1. The predicted octanol–water partition coefficient (Wildman–Crippen LogP) is 2.51. The summed E-state index contributed by atoms with van der Waals surface area (Å²) in [6, 6.07) is 12.7. The zero-order chi connectivity index (χ0) is 18.5. The lowest BCUT2D eigenvalue weighted by Gasteiger charge is -2.32. The zero-order valence-corrected chi connectivity index (χ0v) is 16.3. The van der Waals surface area contributed by atoms with Gasteiger partial charge in [0.15, 0.2) is 0 Å². The molecule has 0 aromatic heterocycles. The maximum Gasteiger partial charge on any atom is 0.231 e. The Labute approximate surface area is 156 Å². The molecule has 1 aliphatic rings. The second-order valence-electron chi connectivity index (χ2n) is 7.20. The summed E-state index contributed by atoms with van der Waals surface area (Å²) < 4.78 is 5.52. The molecule has 2 atom stereocenters. The number of hydrogen-bond donors (Lipinski definition) is 1. The molecule has 2 aromatic carbocycles. The number of hydrogen-bond acceptors (Lipinski definition) is 2. The smallest absolute Gasteiger partial charge is 0.231 e. The Morgan fingerprint density at radius 1 is 1.15 bits per heavy atom. The number of amides is 1. The van der Waals surface area contributed by atoms with Gasteiger partial charge in [-0.3, -0.25) is 4.79 Å². The van der Waals surface area contributed by atoms with Crippen LogP contribution in [0.3, 0.4) is 0 Å². The number of nitrogens with one attached hydrogen (secondary N) is 1. The van der Waals surface area contributed by atoms with Crippen molar-refractivity contribution in [2.45, 2.75) is 33.2 Å².